The number of aromatic nitrogens is 1. The lowest BCUT2D eigenvalue weighted by atomic mass is 10.3. The largest absolute Gasteiger partial charge is 0.276 e. The van der Waals surface area contributed by atoms with Crippen LogP contribution in [0, 0.1) is 12.7 Å². The van der Waals surface area contributed by atoms with E-state index in [1.165, 1.54) is 0 Å². The molecule has 0 aliphatic heterocycles. The van der Waals surface area contributed by atoms with Crippen molar-refractivity contribution in [1.82, 2.24) is 4.98 Å². The number of hydrogen-bond donors (Lipinski definition) is 2. The van der Waals surface area contributed by atoms with Gasteiger partial charge in [-0.25, -0.2) is 31.3 Å². The summed E-state index contributed by atoms with van der Waals surface area (Å²) in [6, 6.07) is 2.64. The third-order valence-electron chi connectivity index (χ3n) is 2.38. The van der Waals surface area contributed by atoms with Crippen LogP contribution < -0.4 is 9.86 Å². The third-order valence-corrected chi connectivity index (χ3v) is 6.03. The SMILES string of the molecule is Cc1ncc(S(=O)(=O)Nc2ccc(S(N)(=O)=O)cc2F)s1. The van der Waals surface area contributed by atoms with Crippen molar-refractivity contribution in [1.29, 1.82) is 0 Å². The van der Waals surface area contributed by atoms with Crippen molar-refractivity contribution < 1.29 is 21.2 Å². The molecule has 0 aliphatic rings. The molecule has 1 aromatic heterocycles. The zero-order chi connectivity index (χ0) is 15.8. The first-order valence-electron chi connectivity index (χ1n) is 5.37. The smallest absolute Gasteiger partial charge is 0.273 e. The standard InChI is InChI=1S/C10H10FN3O4S3/c1-6-13-5-10(19-6)21(17,18)14-9-3-2-7(4-8(9)11)20(12,15)16/h2-5,14H,1H3,(H2,12,15,16). The molecule has 0 fully saturated rings. The fourth-order valence-electron chi connectivity index (χ4n) is 1.42. The van der Waals surface area contributed by atoms with Gasteiger partial charge in [-0.1, -0.05) is 0 Å². The Morgan fingerprint density at radius 2 is 1.95 bits per heavy atom. The second-order valence-corrected chi connectivity index (χ2v) is 8.70. The molecule has 0 atom stereocenters. The van der Waals surface area contributed by atoms with E-state index >= 15 is 0 Å². The van der Waals surface area contributed by atoms with E-state index in [1.807, 2.05) is 4.72 Å². The molecular weight excluding hydrogens is 341 g/mol. The maximum atomic E-state index is 13.8. The fourth-order valence-corrected chi connectivity index (χ4v) is 4.12. The summed E-state index contributed by atoms with van der Waals surface area (Å²) in [5.74, 6) is -1.05. The maximum Gasteiger partial charge on any atom is 0.273 e. The monoisotopic (exact) mass is 351 g/mol. The molecule has 7 nitrogen and oxygen atoms in total. The molecule has 0 bridgehead atoms. The zero-order valence-corrected chi connectivity index (χ0v) is 13.0. The molecular formula is C10H10FN3O4S3. The Labute approximate surface area is 124 Å². The number of benzene rings is 1. The number of rotatable bonds is 4. The highest BCUT2D eigenvalue weighted by Gasteiger charge is 2.20. The van der Waals surface area contributed by atoms with E-state index in [-0.39, 0.29) is 9.90 Å². The van der Waals surface area contributed by atoms with E-state index in [0.29, 0.717) is 11.1 Å². The van der Waals surface area contributed by atoms with E-state index < -0.39 is 30.8 Å². The van der Waals surface area contributed by atoms with Gasteiger partial charge in [-0.3, -0.25) is 4.72 Å². The van der Waals surface area contributed by atoms with Crippen LogP contribution >= 0.6 is 11.3 Å². The van der Waals surface area contributed by atoms with E-state index in [1.54, 1.807) is 6.92 Å². The first kappa shape index (κ1) is 15.8. The minimum absolute atomic E-state index is 0.0741. The van der Waals surface area contributed by atoms with Gasteiger partial charge in [-0.2, -0.15) is 0 Å². The summed E-state index contributed by atoms with van der Waals surface area (Å²) in [6.07, 6.45) is 1.15. The number of nitrogens with zero attached hydrogens (tertiary/aromatic N) is 1. The molecule has 0 saturated heterocycles. The number of nitrogens with one attached hydrogen (secondary N) is 1. The van der Waals surface area contributed by atoms with Gasteiger partial charge in [0.1, 0.15) is 5.82 Å². The van der Waals surface area contributed by atoms with Gasteiger partial charge in [0.2, 0.25) is 10.0 Å². The molecule has 0 amide bonds. The van der Waals surface area contributed by atoms with Crippen LogP contribution in [0.4, 0.5) is 10.1 Å². The van der Waals surface area contributed by atoms with Gasteiger partial charge in [0, 0.05) is 0 Å². The molecule has 21 heavy (non-hydrogen) atoms. The summed E-state index contributed by atoms with van der Waals surface area (Å²) in [5.41, 5.74) is -0.381. The molecule has 3 N–H and O–H groups in total. The van der Waals surface area contributed by atoms with Gasteiger partial charge in [0.25, 0.3) is 10.0 Å². The number of hydrogen-bond acceptors (Lipinski definition) is 6. The molecule has 0 spiro atoms. The number of sulfonamides is 2. The number of aryl methyl sites for hydroxylation is 1. The average molecular weight is 351 g/mol. The number of halogens is 1. The molecule has 1 heterocycles. The lowest BCUT2D eigenvalue weighted by Gasteiger charge is -2.08. The van der Waals surface area contributed by atoms with Gasteiger partial charge in [0.05, 0.1) is 21.8 Å². The highest BCUT2D eigenvalue weighted by molar-refractivity contribution is 7.94. The number of thiazole rings is 1. The maximum absolute atomic E-state index is 13.8. The third kappa shape index (κ3) is 3.56. The normalized spacial score (nSPS) is 12.3. The van der Waals surface area contributed by atoms with Crippen molar-refractivity contribution in [3.05, 3.63) is 35.2 Å². The summed E-state index contributed by atoms with van der Waals surface area (Å²) < 4.78 is 61.9. The van der Waals surface area contributed by atoms with E-state index in [0.717, 1.165) is 29.7 Å². The number of nitrogens with two attached hydrogens (primary N) is 1. The summed E-state index contributed by atoms with van der Waals surface area (Å²) in [6.45, 7) is 1.63. The van der Waals surface area contributed by atoms with Gasteiger partial charge >= 0.3 is 0 Å². The second-order valence-electron chi connectivity index (χ2n) is 3.99. The topological polar surface area (TPSA) is 119 Å². The minimum Gasteiger partial charge on any atom is -0.276 e. The van der Waals surface area contributed by atoms with Crippen LogP contribution in [0.5, 0.6) is 0 Å². The average Bonchev–Trinajstić information content (AvgIpc) is 2.78. The van der Waals surface area contributed by atoms with Crippen molar-refractivity contribution in [2.45, 2.75) is 16.0 Å². The molecule has 0 saturated carbocycles. The first-order valence-corrected chi connectivity index (χ1v) is 9.22. The Bertz CT molecular complexity index is 890. The Morgan fingerprint density at radius 3 is 2.43 bits per heavy atom. The highest BCUT2D eigenvalue weighted by Crippen LogP contribution is 2.24. The van der Waals surface area contributed by atoms with E-state index in [2.05, 4.69) is 4.98 Å². The molecule has 2 aromatic rings. The molecule has 114 valence electrons. The van der Waals surface area contributed by atoms with E-state index in [4.69, 9.17) is 5.14 Å². The van der Waals surface area contributed by atoms with Crippen molar-refractivity contribution in [3.8, 4) is 0 Å². The summed E-state index contributed by atoms with van der Waals surface area (Å²) in [7, 11) is -8.04. The van der Waals surface area contributed by atoms with Crippen LogP contribution in [-0.2, 0) is 20.0 Å². The number of anilines is 1. The predicted octanol–water partition coefficient (Wildman–Crippen LogP) is 1.04. The first-order chi connectivity index (χ1) is 9.59. The van der Waals surface area contributed by atoms with Crippen molar-refractivity contribution in [2.24, 2.45) is 5.14 Å². The predicted molar refractivity (Wildman–Crippen MR) is 75.4 cm³/mol. The van der Waals surface area contributed by atoms with Gasteiger partial charge in [-0.15, -0.1) is 11.3 Å². The fraction of sp³-hybridized carbons (Fsp3) is 0.100. The van der Waals surface area contributed by atoms with Crippen molar-refractivity contribution in [2.75, 3.05) is 4.72 Å². The van der Waals surface area contributed by atoms with Crippen molar-refractivity contribution >= 4 is 37.1 Å². The van der Waals surface area contributed by atoms with Crippen LogP contribution in [0.3, 0.4) is 0 Å². The van der Waals surface area contributed by atoms with Gasteiger partial charge in [0.15, 0.2) is 4.21 Å². The molecule has 11 heteroatoms. The molecule has 0 aliphatic carbocycles. The summed E-state index contributed by atoms with van der Waals surface area (Å²) in [4.78, 5) is 3.36. The van der Waals surface area contributed by atoms with Gasteiger partial charge < -0.3 is 0 Å². The molecule has 2 rings (SSSR count). The van der Waals surface area contributed by atoms with Gasteiger partial charge in [-0.05, 0) is 25.1 Å². The lowest BCUT2D eigenvalue weighted by molar-refractivity contribution is 0.592. The Balaban J connectivity index is 2.36. The van der Waals surface area contributed by atoms with Crippen LogP contribution in [0.2, 0.25) is 0 Å². The van der Waals surface area contributed by atoms with Crippen molar-refractivity contribution in [3.63, 3.8) is 0 Å². The molecule has 0 radical (unpaired) electrons. The highest BCUT2D eigenvalue weighted by atomic mass is 32.2. The number of primary sulfonamides is 1. The summed E-state index contributed by atoms with van der Waals surface area (Å²) >= 11 is 0.927. The second kappa shape index (κ2) is 5.33. The molecule has 1 aromatic carbocycles. The summed E-state index contributed by atoms with van der Waals surface area (Å²) in [5, 5.41) is 5.40. The Hall–Kier alpha value is -1.56. The van der Waals surface area contributed by atoms with Crippen LogP contribution in [0.1, 0.15) is 5.01 Å². The molecule has 0 unspecified atom stereocenters. The zero-order valence-electron chi connectivity index (χ0n) is 10.6. The minimum atomic E-state index is -4.06. The van der Waals surface area contributed by atoms with Crippen LogP contribution in [0.25, 0.3) is 0 Å². The van der Waals surface area contributed by atoms with E-state index in [9.17, 15) is 21.2 Å². The quantitative estimate of drug-likeness (QED) is 0.853. The Morgan fingerprint density at radius 1 is 1.29 bits per heavy atom. The lowest BCUT2D eigenvalue weighted by Crippen LogP contribution is -2.15. The van der Waals surface area contributed by atoms with Crippen LogP contribution in [-0.4, -0.2) is 21.8 Å². The Kier molecular flexibility index (Phi) is 4.02. The van der Waals surface area contributed by atoms with Crippen LogP contribution in [0.15, 0.2) is 33.5 Å².